The number of H-pyrrole nitrogens is 1. The number of nitrogens with one attached hydrogen (secondary N) is 2. The van der Waals surface area contributed by atoms with Crippen molar-refractivity contribution in [2.24, 2.45) is 4.99 Å². The zero-order chi connectivity index (χ0) is 15.5. The third-order valence-electron chi connectivity index (χ3n) is 2.98. The van der Waals surface area contributed by atoms with E-state index >= 15 is 0 Å². The molecule has 0 saturated heterocycles. The molecule has 1 atom stereocenters. The first-order chi connectivity index (χ1) is 9.85. The minimum atomic E-state index is -0.485. The lowest BCUT2D eigenvalue weighted by Gasteiger charge is -2.30. The molecule has 2 N–H and O–H groups in total. The van der Waals surface area contributed by atoms with E-state index in [1.165, 1.54) is 0 Å². The topological polar surface area (TPSA) is 82.6 Å². The third kappa shape index (κ3) is 4.47. The Morgan fingerprint density at radius 3 is 2.90 bits per heavy atom. The molecule has 2 rings (SSSR count). The van der Waals surface area contributed by atoms with Crippen molar-refractivity contribution in [2.45, 2.75) is 39.3 Å². The summed E-state index contributed by atoms with van der Waals surface area (Å²) >= 11 is 0. The summed E-state index contributed by atoms with van der Waals surface area (Å²) in [5.74, 6) is 1.61. The highest BCUT2D eigenvalue weighted by atomic mass is 16.6. The highest BCUT2D eigenvalue weighted by molar-refractivity contribution is 5.88. The summed E-state index contributed by atoms with van der Waals surface area (Å²) in [6.45, 7) is 9.17. The third-order valence-corrected chi connectivity index (χ3v) is 2.98. The fourth-order valence-corrected chi connectivity index (χ4v) is 2.02. The fraction of sp³-hybridized carbons (Fsp3) is 0.643. The number of carbonyl (C=O) groups is 1. The predicted molar refractivity (Wildman–Crippen MR) is 80.2 cm³/mol. The number of nitrogens with zero attached hydrogens (tertiary/aromatic N) is 3. The maximum absolute atomic E-state index is 12.1. The number of carbonyl (C=O) groups excluding carboxylic acids is 1. The molecular weight excluding hydrogens is 270 g/mol. The SMILES string of the molecule is CC(NC1=NCCN(C(=O)OC(C)(C)C)C1)c1ncc[nH]1. The molecule has 116 valence electrons. The highest BCUT2D eigenvalue weighted by Crippen LogP contribution is 2.12. The number of aromatic nitrogens is 2. The van der Waals surface area contributed by atoms with Crippen LogP contribution in [0.25, 0.3) is 0 Å². The molecule has 1 aliphatic heterocycles. The van der Waals surface area contributed by atoms with Crippen LogP contribution < -0.4 is 5.32 Å². The molecule has 0 spiro atoms. The normalized spacial score (nSPS) is 17.1. The van der Waals surface area contributed by atoms with E-state index in [0.717, 1.165) is 11.7 Å². The van der Waals surface area contributed by atoms with Crippen molar-refractivity contribution in [3.05, 3.63) is 18.2 Å². The van der Waals surface area contributed by atoms with Crippen molar-refractivity contribution in [1.29, 1.82) is 0 Å². The number of aliphatic imine (C=N–C) groups is 1. The van der Waals surface area contributed by atoms with Crippen LogP contribution in [-0.2, 0) is 4.74 Å². The molecule has 0 aromatic carbocycles. The summed E-state index contributed by atoms with van der Waals surface area (Å²) < 4.78 is 5.39. The van der Waals surface area contributed by atoms with Gasteiger partial charge in [-0.1, -0.05) is 0 Å². The van der Waals surface area contributed by atoms with Crippen molar-refractivity contribution in [2.75, 3.05) is 19.6 Å². The molecule has 7 nitrogen and oxygen atoms in total. The molecule has 2 heterocycles. The lowest BCUT2D eigenvalue weighted by atomic mass is 10.2. The van der Waals surface area contributed by atoms with E-state index in [2.05, 4.69) is 20.3 Å². The maximum Gasteiger partial charge on any atom is 0.410 e. The van der Waals surface area contributed by atoms with Crippen molar-refractivity contribution >= 4 is 11.9 Å². The van der Waals surface area contributed by atoms with Gasteiger partial charge in [0.2, 0.25) is 0 Å². The average Bonchev–Trinajstić information content (AvgIpc) is 2.91. The Hall–Kier alpha value is -2.05. The van der Waals surface area contributed by atoms with Gasteiger partial charge in [-0.25, -0.2) is 9.78 Å². The second-order valence-corrected chi connectivity index (χ2v) is 6.07. The van der Waals surface area contributed by atoms with Crippen molar-refractivity contribution in [1.82, 2.24) is 20.2 Å². The second kappa shape index (κ2) is 6.15. The van der Waals surface area contributed by atoms with Crippen LogP contribution in [0.1, 0.15) is 39.6 Å². The molecule has 1 unspecified atom stereocenters. The Balaban J connectivity index is 1.91. The minimum Gasteiger partial charge on any atom is -0.444 e. The molecule has 1 aromatic heterocycles. The number of hydrogen-bond acceptors (Lipinski definition) is 5. The Kier molecular flexibility index (Phi) is 4.50. The summed E-state index contributed by atoms with van der Waals surface area (Å²) in [4.78, 5) is 25.4. The van der Waals surface area contributed by atoms with Crippen LogP contribution in [0.3, 0.4) is 0 Å². The number of aromatic amines is 1. The lowest BCUT2D eigenvalue weighted by Crippen LogP contribution is -2.47. The number of rotatable bonds is 2. The van der Waals surface area contributed by atoms with Gasteiger partial charge in [-0.05, 0) is 27.7 Å². The van der Waals surface area contributed by atoms with E-state index in [1.807, 2.05) is 27.7 Å². The highest BCUT2D eigenvalue weighted by Gasteiger charge is 2.25. The number of amidine groups is 1. The zero-order valence-electron chi connectivity index (χ0n) is 13.0. The molecule has 1 amide bonds. The molecule has 0 bridgehead atoms. The van der Waals surface area contributed by atoms with Gasteiger partial charge in [0.05, 0.1) is 19.1 Å². The standard InChI is InChI=1S/C14H23N5O2/c1-10(12-16-5-6-17-12)18-11-9-19(8-7-15-11)13(20)21-14(2,3)4/h5-6,10H,7-9H2,1-4H3,(H,15,18)(H,16,17). The fourth-order valence-electron chi connectivity index (χ4n) is 2.02. The van der Waals surface area contributed by atoms with Crippen LogP contribution >= 0.6 is 0 Å². The molecule has 0 radical (unpaired) electrons. The quantitative estimate of drug-likeness (QED) is 0.869. The van der Waals surface area contributed by atoms with E-state index in [4.69, 9.17) is 4.74 Å². The smallest absolute Gasteiger partial charge is 0.410 e. The number of ether oxygens (including phenoxy) is 1. The minimum absolute atomic E-state index is 0.0114. The Labute approximate surface area is 124 Å². The lowest BCUT2D eigenvalue weighted by molar-refractivity contribution is 0.0276. The maximum atomic E-state index is 12.1. The van der Waals surface area contributed by atoms with Gasteiger partial charge in [0.15, 0.2) is 0 Å². The molecule has 1 aliphatic rings. The number of imidazole rings is 1. The largest absolute Gasteiger partial charge is 0.444 e. The summed E-state index contributed by atoms with van der Waals surface area (Å²) in [7, 11) is 0. The number of hydrogen-bond donors (Lipinski definition) is 2. The van der Waals surface area contributed by atoms with Crippen LogP contribution in [0.15, 0.2) is 17.4 Å². The average molecular weight is 293 g/mol. The van der Waals surface area contributed by atoms with Gasteiger partial charge >= 0.3 is 6.09 Å². The first-order valence-electron chi connectivity index (χ1n) is 7.12. The van der Waals surface area contributed by atoms with E-state index in [-0.39, 0.29) is 12.1 Å². The van der Waals surface area contributed by atoms with Crippen LogP contribution in [0.5, 0.6) is 0 Å². The van der Waals surface area contributed by atoms with Gasteiger partial charge in [-0.3, -0.25) is 9.89 Å². The number of amides is 1. The van der Waals surface area contributed by atoms with E-state index < -0.39 is 5.60 Å². The van der Waals surface area contributed by atoms with Crippen LogP contribution in [0.2, 0.25) is 0 Å². The summed E-state index contributed by atoms with van der Waals surface area (Å²) in [6.07, 6.45) is 3.19. The molecule has 21 heavy (non-hydrogen) atoms. The van der Waals surface area contributed by atoms with Crippen LogP contribution in [0.4, 0.5) is 4.79 Å². The summed E-state index contributed by atoms with van der Waals surface area (Å²) in [6, 6.07) is 0.0114. The second-order valence-electron chi connectivity index (χ2n) is 6.07. The van der Waals surface area contributed by atoms with E-state index in [0.29, 0.717) is 19.6 Å². The van der Waals surface area contributed by atoms with Gasteiger partial charge in [-0.2, -0.15) is 0 Å². The van der Waals surface area contributed by atoms with E-state index in [9.17, 15) is 4.79 Å². The molecule has 0 aliphatic carbocycles. The van der Waals surface area contributed by atoms with Gasteiger partial charge in [0, 0.05) is 18.9 Å². The monoisotopic (exact) mass is 293 g/mol. The van der Waals surface area contributed by atoms with Gasteiger partial charge in [-0.15, -0.1) is 0 Å². The summed E-state index contributed by atoms with van der Waals surface area (Å²) in [5.41, 5.74) is -0.485. The first kappa shape index (κ1) is 15.3. The molecular formula is C14H23N5O2. The van der Waals surface area contributed by atoms with Gasteiger partial charge in [0.1, 0.15) is 17.3 Å². The van der Waals surface area contributed by atoms with Gasteiger partial charge in [0.25, 0.3) is 0 Å². The Morgan fingerprint density at radius 2 is 2.29 bits per heavy atom. The molecule has 0 saturated carbocycles. The molecule has 1 aromatic rings. The van der Waals surface area contributed by atoms with Gasteiger partial charge < -0.3 is 15.0 Å². The molecule has 7 heteroatoms. The van der Waals surface area contributed by atoms with Crippen LogP contribution in [-0.4, -0.2) is 52.0 Å². The van der Waals surface area contributed by atoms with E-state index in [1.54, 1.807) is 17.3 Å². The Bertz CT molecular complexity index is 504. The predicted octanol–water partition coefficient (Wildman–Crippen LogP) is 1.71. The van der Waals surface area contributed by atoms with Crippen LogP contribution in [0, 0.1) is 0 Å². The van der Waals surface area contributed by atoms with Crippen molar-refractivity contribution in [3.8, 4) is 0 Å². The van der Waals surface area contributed by atoms with Crippen molar-refractivity contribution in [3.63, 3.8) is 0 Å². The first-order valence-corrected chi connectivity index (χ1v) is 7.12. The zero-order valence-corrected chi connectivity index (χ0v) is 13.0. The Morgan fingerprint density at radius 1 is 1.52 bits per heavy atom. The van der Waals surface area contributed by atoms with Crippen molar-refractivity contribution < 1.29 is 9.53 Å². The summed E-state index contributed by atoms with van der Waals surface area (Å²) in [5, 5.41) is 3.28. The molecule has 0 fully saturated rings.